The Morgan fingerprint density at radius 3 is 2.44 bits per heavy atom. The van der Waals surface area contributed by atoms with Crippen molar-refractivity contribution < 1.29 is 24.2 Å². The minimum absolute atomic E-state index is 0.0263. The van der Waals surface area contributed by atoms with Gasteiger partial charge in [-0.25, -0.2) is 9.59 Å². The van der Waals surface area contributed by atoms with Crippen molar-refractivity contribution in [1.29, 1.82) is 0 Å². The Labute approximate surface area is 160 Å². The summed E-state index contributed by atoms with van der Waals surface area (Å²) in [5.74, 6) is -1.81. The number of hydrogen-bond acceptors (Lipinski definition) is 6. The third kappa shape index (κ3) is 5.36. The van der Waals surface area contributed by atoms with Crippen LogP contribution in [0.25, 0.3) is 0 Å². The van der Waals surface area contributed by atoms with Crippen LogP contribution in [0.1, 0.15) is 30.6 Å². The average molecular weight is 409 g/mol. The molecule has 25 heavy (non-hydrogen) atoms. The summed E-state index contributed by atoms with van der Waals surface area (Å²) >= 11 is 18.1. The van der Waals surface area contributed by atoms with Gasteiger partial charge in [-0.2, -0.15) is 0 Å². The Bertz CT molecular complexity index is 740. The van der Waals surface area contributed by atoms with Gasteiger partial charge < -0.3 is 14.6 Å². The van der Waals surface area contributed by atoms with Crippen LogP contribution in [0.15, 0.2) is 22.4 Å². The third-order valence-electron chi connectivity index (χ3n) is 2.91. The first-order valence-corrected chi connectivity index (χ1v) is 8.24. The number of carbonyl (C=O) groups is 2. The van der Waals surface area contributed by atoms with E-state index in [0.29, 0.717) is 6.42 Å². The Kier molecular flexibility index (Phi) is 8.22. The summed E-state index contributed by atoms with van der Waals surface area (Å²) in [6.07, 6.45) is 1.70. The van der Waals surface area contributed by atoms with E-state index in [4.69, 9.17) is 39.5 Å². The monoisotopic (exact) mass is 407 g/mol. The Morgan fingerprint density at radius 1 is 1.28 bits per heavy atom. The summed E-state index contributed by atoms with van der Waals surface area (Å²) in [6, 6.07) is 1.32. The smallest absolute Gasteiger partial charge is 0.343 e. The maximum Gasteiger partial charge on any atom is 0.343 e. The van der Waals surface area contributed by atoms with Gasteiger partial charge in [0, 0.05) is 6.21 Å². The maximum absolute atomic E-state index is 11.9. The van der Waals surface area contributed by atoms with Crippen molar-refractivity contribution in [2.75, 3.05) is 13.7 Å². The van der Waals surface area contributed by atoms with Gasteiger partial charge in [0.1, 0.15) is 16.9 Å². The van der Waals surface area contributed by atoms with Crippen LogP contribution >= 0.6 is 34.8 Å². The molecular formula is C16H16Cl3NO5. The van der Waals surface area contributed by atoms with Crippen molar-refractivity contribution in [3.8, 4) is 0 Å². The minimum Gasteiger partial charge on any atom is -0.512 e. The lowest BCUT2D eigenvalue weighted by Gasteiger charge is -2.09. The Balaban J connectivity index is 3.31. The van der Waals surface area contributed by atoms with Crippen molar-refractivity contribution in [1.82, 2.24) is 0 Å². The summed E-state index contributed by atoms with van der Waals surface area (Å²) in [7, 11) is 1.17. The van der Waals surface area contributed by atoms with Crippen LogP contribution in [0.4, 0.5) is 5.69 Å². The molecule has 1 aromatic carbocycles. The highest BCUT2D eigenvalue weighted by Crippen LogP contribution is 2.39. The molecule has 0 radical (unpaired) electrons. The fraction of sp³-hybridized carbons (Fsp3) is 0.312. The number of esters is 2. The fourth-order valence-corrected chi connectivity index (χ4v) is 2.41. The van der Waals surface area contributed by atoms with Crippen LogP contribution < -0.4 is 0 Å². The molecule has 0 aliphatic heterocycles. The van der Waals surface area contributed by atoms with Crippen LogP contribution in [0, 0.1) is 0 Å². The van der Waals surface area contributed by atoms with Crippen molar-refractivity contribution >= 4 is 58.6 Å². The normalized spacial score (nSPS) is 12.1. The van der Waals surface area contributed by atoms with Gasteiger partial charge in [0.05, 0.1) is 34.5 Å². The summed E-state index contributed by atoms with van der Waals surface area (Å²) in [4.78, 5) is 27.7. The van der Waals surface area contributed by atoms with E-state index in [1.54, 1.807) is 0 Å². The molecule has 1 rings (SSSR count). The van der Waals surface area contributed by atoms with E-state index in [2.05, 4.69) is 9.73 Å². The summed E-state index contributed by atoms with van der Waals surface area (Å²) in [6.45, 7) is 3.34. The van der Waals surface area contributed by atoms with Gasteiger partial charge >= 0.3 is 11.9 Å². The zero-order chi connectivity index (χ0) is 19.1. The lowest BCUT2D eigenvalue weighted by atomic mass is 10.2. The molecule has 0 unspecified atom stereocenters. The van der Waals surface area contributed by atoms with Crippen LogP contribution in [0.5, 0.6) is 0 Å². The van der Waals surface area contributed by atoms with E-state index in [1.807, 2.05) is 6.92 Å². The molecule has 6 nitrogen and oxygen atoms in total. The Morgan fingerprint density at radius 2 is 1.92 bits per heavy atom. The first kappa shape index (κ1) is 21.3. The number of methoxy groups -OCH3 is 1. The van der Waals surface area contributed by atoms with Crippen molar-refractivity contribution in [3.05, 3.63) is 38.0 Å². The van der Waals surface area contributed by atoms with Crippen molar-refractivity contribution in [2.45, 2.75) is 20.3 Å². The molecule has 1 aromatic rings. The zero-order valence-corrected chi connectivity index (χ0v) is 16.0. The van der Waals surface area contributed by atoms with Gasteiger partial charge in [-0.1, -0.05) is 41.7 Å². The van der Waals surface area contributed by atoms with E-state index in [1.165, 1.54) is 20.1 Å². The largest absolute Gasteiger partial charge is 0.512 e. The number of carbonyl (C=O) groups excluding carboxylic acids is 2. The summed E-state index contributed by atoms with van der Waals surface area (Å²) in [5, 5.41) is 9.49. The van der Waals surface area contributed by atoms with E-state index >= 15 is 0 Å². The number of hydrogen-bond donors (Lipinski definition) is 1. The fourth-order valence-electron chi connectivity index (χ4n) is 1.67. The van der Waals surface area contributed by atoms with E-state index < -0.39 is 11.9 Å². The van der Waals surface area contributed by atoms with E-state index in [9.17, 15) is 14.7 Å². The first-order chi connectivity index (χ1) is 11.7. The van der Waals surface area contributed by atoms with Gasteiger partial charge in [-0.3, -0.25) is 4.99 Å². The number of benzene rings is 1. The zero-order valence-electron chi connectivity index (χ0n) is 13.7. The topological polar surface area (TPSA) is 85.2 Å². The number of nitrogens with zero attached hydrogens (tertiary/aromatic N) is 1. The summed E-state index contributed by atoms with van der Waals surface area (Å²) < 4.78 is 9.57. The first-order valence-electron chi connectivity index (χ1n) is 7.11. The molecule has 0 heterocycles. The van der Waals surface area contributed by atoms with E-state index in [0.717, 1.165) is 6.21 Å². The quantitative estimate of drug-likeness (QED) is 0.237. The van der Waals surface area contributed by atoms with Gasteiger partial charge in [0.25, 0.3) is 0 Å². The van der Waals surface area contributed by atoms with Gasteiger partial charge in [0.2, 0.25) is 0 Å². The number of aliphatic hydroxyl groups excluding tert-OH is 1. The van der Waals surface area contributed by atoms with Crippen LogP contribution in [0.2, 0.25) is 15.1 Å². The number of ether oxygens (including phenoxy) is 2. The number of allylic oxidation sites excluding steroid dienone is 1. The molecule has 0 aliphatic rings. The number of aliphatic hydroxyl groups is 1. The van der Waals surface area contributed by atoms with Crippen molar-refractivity contribution in [3.63, 3.8) is 0 Å². The predicted octanol–water partition coefficient (Wildman–Crippen LogP) is 4.92. The van der Waals surface area contributed by atoms with Crippen LogP contribution in [-0.2, 0) is 14.3 Å². The highest BCUT2D eigenvalue weighted by molar-refractivity contribution is 6.47. The van der Waals surface area contributed by atoms with Crippen LogP contribution in [0.3, 0.4) is 0 Å². The average Bonchev–Trinajstić information content (AvgIpc) is 2.57. The number of halogens is 3. The second-order valence-electron chi connectivity index (χ2n) is 4.77. The molecule has 0 fully saturated rings. The molecule has 0 amide bonds. The second-order valence-corrected chi connectivity index (χ2v) is 5.93. The lowest BCUT2D eigenvalue weighted by molar-refractivity contribution is -0.138. The molecule has 0 atom stereocenters. The minimum atomic E-state index is -0.787. The van der Waals surface area contributed by atoms with Crippen LogP contribution in [-0.4, -0.2) is 37.0 Å². The van der Waals surface area contributed by atoms with Gasteiger partial charge in [-0.05, 0) is 19.4 Å². The van der Waals surface area contributed by atoms with Gasteiger partial charge in [-0.15, -0.1) is 0 Å². The molecule has 136 valence electrons. The van der Waals surface area contributed by atoms with Gasteiger partial charge in [0.15, 0.2) is 0 Å². The second kappa shape index (κ2) is 9.65. The lowest BCUT2D eigenvalue weighted by Crippen LogP contribution is -2.11. The molecule has 1 N–H and O–H groups in total. The molecule has 0 spiro atoms. The molecular weight excluding hydrogens is 393 g/mol. The third-order valence-corrected chi connectivity index (χ3v) is 4.08. The number of rotatable bonds is 6. The molecule has 9 heteroatoms. The highest BCUT2D eigenvalue weighted by Gasteiger charge is 2.21. The molecule has 0 saturated heterocycles. The molecule has 0 aliphatic carbocycles. The van der Waals surface area contributed by atoms with Crippen molar-refractivity contribution in [2.24, 2.45) is 4.99 Å². The maximum atomic E-state index is 11.9. The van der Waals surface area contributed by atoms with E-state index in [-0.39, 0.29) is 44.3 Å². The predicted molar refractivity (Wildman–Crippen MR) is 97.5 cm³/mol. The Hall–Kier alpha value is -1.76. The number of aliphatic imine (C=N–C) groups is 1. The standard InChI is InChI=1S/C16H16Cl3NO5/c1-4-5-25-15(22)9(8(2)21)7-20-11-6-10(17)13(18)12(14(11)19)16(23)24-3/h6-7,21H,4-5H2,1-3H3. The molecule has 0 bridgehead atoms. The highest BCUT2D eigenvalue weighted by atomic mass is 35.5. The SMILES string of the molecule is CCCOC(=O)C(C=Nc1cc(Cl)c(Cl)c(C(=O)OC)c1Cl)=C(C)O. The summed E-state index contributed by atoms with van der Waals surface area (Å²) in [5.41, 5.74) is -0.237. The molecule has 0 aromatic heterocycles. The molecule has 0 saturated carbocycles.